The molecular formula is C49H36Br2N2. The number of fused-ring (bicyclic) bond motifs is 3. The van der Waals surface area contributed by atoms with Crippen molar-refractivity contribution < 1.29 is 0 Å². The van der Waals surface area contributed by atoms with Crippen molar-refractivity contribution >= 4 is 65.9 Å². The molecule has 0 amide bonds. The summed E-state index contributed by atoms with van der Waals surface area (Å²) in [5.41, 5.74) is 13.4. The van der Waals surface area contributed by atoms with E-state index in [-0.39, 0.29) is 0 Å². The lowest BCUT2D eigenvalue weighted by atomic mass is 10.0. The largest absolute Gasteiger partial charge is 0.311 e. The van der Waals surface area contributed by atoms with Crippen LogP contribution in [-0.4, -0.2) is 4.57 Å². The fraction of sp³-hybridized carbons (Fsp3) is 0.0204. The molecule has 0 radical (unpaired) electrons. The lowest BCUT2D eigenvalue weighted by Crippen LogP contribution is -2.09. The van der Waals surface area contributed by atoms with Crippen LogP contribution in [0.4, 0.5) is 17.1 Å². The molecule has 1 aromatic heterocycles. The molecule has 4 heteroatoms. The van der Waals surface area contributed by atoms with Gasteiger partial charge in [0.05, 0.1) is 11.2 Å². The zero-order valence-corrected chi connectivity index (χ0v) is 32.2. The van der Waals surface area contributed by atoms with Gasteiger partial charge < -0.3 is 9.47 Å². The number of nitrogens with zero attached hydrogens (tertiary/aromatic N) is 2. The molecule has 0 saturated heterocycles. The van der Waals surface area contributed by atoms with Gasteiger partial charge in [0.1, 0.15) is 0 Å². The summed E-state index contributed by atoms with van der Waals surface area (Å²) in [5, 5.41) is 1.33. The van der Waals surface area contributed by atoms with Gasteiger partial charge in [-0.2, -0.15) is 0 Å². The second kappa shape index (κ2) is 15.9. The average molecular weight is 813 g/mol. The molecule has 0 fully saturated rings. The smallest absolute Gasteiger partial charge is 0.0537 e. The summed E-state index contributed by atoms with van der Waals surface area (Å²) in [6.45, 7) is 0. The van der Waals surface area contributed by atoms with E-state index in [9.17, 15) is 0 Å². The third-order valence-corrected chi connectivity index (χ3v) is 10.5. The maximum atomic E-state index is 3.51. The predicted molar refractivity (Wildman–Crippen MR) is 233 cm³/mol. The Hall–Kier alpha value is -5.68. The van der Waals surface area contributed by atoms with Gasteiger partial charge in [-0.15, -0.1) is 0 Å². The first-order valence-electron chi connectivity index (χ1n) is 17.7. The molecule has 53 heavy (non-hydrogen) atoms. The van der Waals surface area contributed by atoms with Crippen LogP contribution in [0.5, 0.6) is 0 Å². The van der Waals surface area contributed by atoms with E-state index in [2.05, 4.69) is 235 Å². The number of halogens is 2. The minimum Gasteiger partial charge on any atom is -0.311 e. The zero-order chi connectivity index (χ0) is 36.0. The summed E-state index contributed by atoms with van der Waals surface area (Å²) >= 11 is 7.00. The van der Waals surface area contributed by atoms with E-state index >= 15 is 0 Å². The van der Waals surface area contributed by atoms with Crippen LogP contribution in [0.15, 0.2) is 209 Å². The highest BCUT2D eigenvalue weighted by Crippen LogP contribution is 2.36. The number of para-hydroxylation sites is 3. The third kappa shape index (κ3) is 7.61. The molecule has 9 rings (SSSR count). The number of anilines is 3. The van der Waals surface area contributed by atoms with Crippen LogP contribution in [-0.2, 0) is 6.42 Å². The highest BCUT2D eigenvalue weighted by atomic mass is 79.9. The predicted octanol–water partition coefficient (Wildman–Crippen LogP) is 14.8. The summed E-state index contributed by atoms with van der Waals surface area (Å²) in [7, 11) is 0. The maximum absolute atomic E-state index is 3.51. The second-order valence-corrected chi connectivity index (χ2v) is 14.7. The lowest BCUT2D eigenvalue weighted by Gasteiger charge is -2.25. The van der Waals surface area contributed by atoms with Crippen LogP contribution in [0, 0.1) is 0 Å². The fourth-order valence-corrected chi connectivity index (χ4v) is 7.43. The van der Waals surface area contributed by atoms with Gasteiger partial charge >= 0.3 is 0 Å². The number of hydrogen-bond acceptors (Lipinski definition) is 1. The Morgan fingerprint density at radius 3 is 1.43 bits per heavy atom. The molecule has 8 aromatic rings. The Morgan fingerprint density at radius 1 is 0.434 bits per heavy atom. The summed E-state index contributed by atoms with van der Waals surface area (Å²) in [4.78, 5) is 2.27. The van der Waals surface area contributed by atoms with Crippen molar-refractivity contribution in [3.63, 3.8) is 0 Å². The highest BCUT2D eigenvalue weighted by Gasteiger charge is 2.16. The molecule has 1 aliphatic rings. The molecule has 7 aromatic carbocycles. The molecule has 0 saturated carbocycles. The summed E-state index contributed by atoms with van der Waals surface area (Å²) in [5.74, 6) is 0. The molecular weight excluding hydrogens is 776 g/mol. The standard InChI is InChI=1S/C25H18BrN.C24H18BrN/c26-20-14-10-18(11-15-20)19-12-16-21(17-13-19)27-24-8-3-1-2-6-22(24)23-7-4-5-9-25(23)27;25-21-15-11-19(12-16-21)20-13-17-24(18-14-20)26(22-7-3-1-4-8-22)23-9-5-2-6-10-23/h1-5,7-17H,6H2;1-18H. The Kier molecular flexibility index (Phi) is 10.3. The van der Waals surface area contributed by atoms with E-state index < -0.39 is 0 Å². The van der Waals surface area contributed by atoms with Crippen molar-refractivity contribution in [3.8, 4) is 27.9 Å². The molecule has 2 nitrogen and oxygen atoms in total. The van der Waals surface area contributed by atoms with Crippen LogP contribution in [0.3, 0.4) is 0 Å². The molecule has 0 N–H and O–H groups in total. The average Bonchev–Trinajstić information content (AvgIpc) is 3.33. The van der Waals surface area contributed by atoms with E-state index in [1.165, 1.54) is 50.1 Å². The number of rotatable bonds is 6. The van der Waals surface area contributed by atoms with Gasteiger partial charge in [-0.1, -0.05) is 153 Å². The zero-order valence-electron chi connectivity index (χ0n) is 29.0. The summed E-state index contributed by atoms with van der Waals surface area (Å²) < 4.78 is 4.57. The normalized spacial score (nSPS) is 11.7. The van der Waals surface area contributed by atoms with Gasteiger partial charge in [-0.05, 0) is 119 Å². The van der Waals surface area contributed by atoms with Gasteiger partial charge in [0.15, 0.2) is 0 Å². The van der Waals surface area contributed by atoms with Crippen LogP contribution < -0.4 is 4.90 Å². The lowest BCUT2D eigenvalue weighted by molar-refractivity contribution is 1.09. The number of hydrogen-bond donors (Lipinski definition) is 0. The van der Waals surface area contributed by atoms with Crippen molar-refractivity contribution in [2.45, 2.75) is 6.42 Å². The highest BCUT2D eigenvalue weighted by molar-refractivity contribution is 9.10. The maximum Gasteiger partial charge on any atom is 0.0537 e. The molecule has 0 spiro atoms. The van der Waals surface area contributed by atoms with Crippen molar-refractivity contribution in [1.82, 2.24) is 4.57 Å². The molecule has 1 heterocycles. The van der Waals surface area contributed by atoms with Crippen molar-refractivity contribution in [1.29, 1.82) is 0 Å². The number of benzene rings is 7. The van der Waals surface area contributed by atoms with E-state index in [1.807, 2.05) is 12.1 Å². The van der Waals surface area contributed by atoms with Crippen molar-refractivity contribution in [2.24, 2.45) is 0 Å². The Bertz CT molecular complexity index is 2460. The molecule has 0 bridgehead atoms. The molecule has 0 atom stereocenters. The number of allylic oxidation sites excluding steroid dienone is 3. The fourth-order valence-electron chi connectivity index (χ4n) is 6.90. The first-order chi connectivity index (χ1) is 26.1. The van der Waals surface area contributed by atoms with Gasteiger partial charge in [0.25, 0.3) is 0 Å². The Balaban J connectivity index is 0.000000151. The molecule has 0 unspecified atom stereocenters. The minimum atomic E-state index is 0.965. The topological polar surface area (TPSA) is 8.17 Å². The van der Waals surface area contributed by atoms with E-state index in [0.29, 0.717) is 0 Å². The Labute approximate surface area is 328 Å². The van der Waals surface area contributed by atoms with E-state index in [1.54, 1.807) is 0 Å². The van der Waals surface area contributed by atoms with E-state index in [4.69, 9.17) is 0 Å². The van der Waals surface area contributed by atoms with Crippen LogP contribution in [0.2, 0.25) is 0 Å². The molecule has 1 aliphatic carbocycles. The van der Waals surface area contributed by atoms with Crippen molar-refractivity contribution in [2.75, 3.05) is 4.90 Å². The second-order valence-electron chi connectivity index (χ2n) is 12.8. The summed E-state index contributed by atoms with van der Waals surface area (Å²) in [6, 6.07) is 64.0. The van der Waals surface area contributed by atoms with Crippen LogP contribution in [0.25, 0.3) is 44.9 Å². The minimum absolute atomic E-state index is 0.965. The molecule has 0 aliphatic heterocycles. The van der Waals surface area contributed by atoms with Gasteiger partial charge in [0.2, 0.25) is 0 Å². The number of aromatic nitrogens is 1. The Morgan fingerprint density at radius 2 is 0.887 bits per heavy atom. The monoisotopic (exact) mass is 810 g/mol. The third-order valence-electron chi connectivity index (χ3n) is 9.48. The van der Waals surface area contributed by atoms with Gasteiger partial charge in [-0.3, -0.25) is 0 Å². The first-order valence-corrected chi connectivity index (χ1v) is 19.3. The molecule has 256 valence electrons. The van der Waals surface area contributed by atoms with E-state index in [0.717, 1.165) is 32.4 Å². The van der Waals surface area contributed by atoms with Gasteiger partial charge in [-0.25, -0.2) is 0 Å². The summed E-state index contributed by atoms with van der Waals surface area (Å²) in [6.07, 6.45) is 9.69. The van der Waals surface area contributed by atoms with Crippen LogP contribution >= 0.6 is 31.9 Å². The quantitative estimate of drug-likeness (QED) is 0.162. The first kappa shape index (κ1) is 34.4. The SMILES string of the molecule is Brc1ccc(-c2ccc(-n3c4c(c5ccccc53)CC=CC=C4)cc2)cc1.Brc1ccc(-c2ccc(N(c3ccccc3)c3ccccc3)cc2)cc1. The van der Waals surface area contributed by atoms with Crippen LogP contribution in [0.1, 0.15) is 11.3 Å². The van der Waals surface area contributed by atoms with Crippen molar-refractivity contribution in [3.05, 3.63) is 220 Å². The van der Waals surface area contributed by atoms with Gasteiger partial charge in [0, 0.05) is 37.1 Å².